The normalized spacial score (nSPS) is 22.6. The van der Waals surface area contributed by atoms with Crippen molar-refractivity contribution in [3.63, 3.8) is 0 Å². The minimum atomic E-state index is 0.641. The van der Waals surface area contributed by atoms with Crippen molar-refractivity contribution < 1.29 is 0 Å². The summed E-state index contributed by atoms with van der Waals surface area (Å²) in [6.07, 6.45) is 2.21. The summed E-state index contributed by atoms with van der Waals surface area (Å²) in [5.41, 5.74) is 3.67. The summed E-state index contributed by atoms with van der Waals surface area (Å²) in [5.74, 6) is 3.49. The molecule has 0 saturated heterocycles. The largest absolute Gasteiger partial charge is 0.328 e. The van der Waals surface area contributed by atoms with E-state index < -0.39 is 0 Å². The Kier molecular flexibility index (Phi) is 3.06. The predicted molar refractivity (Wildman–Crippen MR) is 76.2 cm³/mol. The van der Waals surface area contributed by atoms with Crippen molar-refractivity contribution in [1.29, 1.82) is 0 Å². The van der Waals surface area contributed by atoms with Gasteiger partial charge in [-0.1, -0.05) is 13.0 Å². The third-order valence-electron chi connectivity index (χ3n) is 3.99. The van der Waals surface area contributed by atoms with Crippen LogP contribution in [0, 0.1) is 18.8 Å². The van der Waals surface area contributed by atoms with Gasteiger partial charge in [0.2, 0.25) is 0 Å². The standard InChI is InChI=1S/C15H19ClN2/c1-10-3-4-13-14(7-10)18(9-12-8-11(12)2)15(17-13)5-6-16/h3-4,7,11-12H,5-6,8-9H2,1-2H3. The minimum absolute atomic E-state index is 0.641. The number of aryl methyl sites for hydroxylation is 2. The fourth-order valence-corrected chi connectivity index (χ4v) is 2.82. The number of halogens is 1. The van der Waals surface area contributed by atoms with E-state index >= 15 is 0 Å². The van der Waals surface area contributed by atoms with Crippen LogP contribution in [0.4, 0.5) is 0 Å². The zero-order valence-corrected chi connectivity index (χ0v) is 11.7. The molecule has 0 radical (unpaired) electrons. The monoisotopic (exact) mass is 262 g/mol. The molecule has 1 aromatic carbocycles. The van der Waals surface area contributed by atoms with Gasteiger partial charge in [0.1, 0.15) is 5.82 Å². The molecule has 2 unspecified atom stereocenters. The van der Waals surface area contributed by atoms with E-state index in [1.807, 2.05) is 0 Å². The molecule has 2 nitrogen and oxygen atoms in total. The second kappa shape index (κ2) is 4.58. The number of alkyl halides is 1. The summed E-state index contributed by atoms with van der Waals surface area (Å²) in [6, 6.07) is 6.49. The van der Waals surface area contributed by atoms with Crippen LogP contribution in [-0.4, -0.2) is 15.4 Å². The lowest BCUT2D eigenvalue weighted by molar-refractivity contribution is 0.585. The zero-order chi connectivity index (χ0) is 12.7. The number of hydrogen-bond donors (Lipinski definition) is 0. The lowest BCUT2D eigenvalue weighted by Gasteiger charge is -2.08. The van der Waals surface area contributed by atoms with Crippen molar-refractivity contribution in [2.24, 2.45) is 11.8 Å². The smallest absolute Gasteiger partial charge is 0.111 e. The molecule has 1 aromatic heterocycles. The Balaban J connectivity index is 2.04. The molecule has 1 fully saturated rings. The second-order valence-electron chi connectivity index (χ2n) is 5.54. The number of benzene rings is 1. The summed E-state index contributed by atoms with van der Waals surface area (Å²) in [5, 5.41) is 0. The van der Waals surface area contributed by atoms with E-state index in [1.165, 1.54) is 17.5 Å². The lowest BCUT2D eigenvalue weighted by atomic mass is 10.2. The van der Waals surface area contributed by atoms with Crippen LogP contribution in [0.25, 0.3) is 11.0 Å². The van der Waals surface area contributed by atoms with Crippen LogP contribution < -0.4 is 0 Å². The Bertz CT molecular complexity index is 573. The summed E-state index contributed by atoms with van der Waals surface area (Å²) < 4.78 is 2.39. The molecule has 1 aliphatic carbocycles. The molecule has 96 valence electrons. The molecule has 1 saturated carbocycles. The van der Waals surface area contributed by atoms with Crippen LogP contribution in [0.1, 0.15) is 24.7 Å². The Morgan fingerprint density at radius 2 is 2.22 bits per heavy atom. The average Bonchev–Trinajstić information content (AvgIpc) is 2.93. The van der Waals surface area contributed by atoms with Crippen molar-refractivity contribution in [2.45, 2.75) is 33.2 Å². The van der Waals surface area contributed by atoms with E-state index in [9.17, 15) is 0 Å². The first-order valence-corrected chi connectivity index (χ1v) is 7.24. The first kappa shape index (κ1) is 12.0. The number of hydrogen-bond acceptors (Lipinski definition) is 1. The van der Waals surface area contributed by atoms with Crippen molar-refractivity contribution in [2.75, 3.05) is 5.88 Å². The summed E-state index contributed by atoms with van der Waals surface area (Å²) >= 11 is 5.89. The minimum Gasteiger partial charge on any atom is -0.328 e. The third kappa shape index (κ3) is 2.14. The van der Waals surface area contributed by atoms with Crippen LogP contribution in [0.15, 0.2) is 18.2 Å². The van der Waals surface area contributed by atoms with Crippen LogP contribution in [0.2, 0.25) is 0 Å². The summed E-state index contributed by atoms with van der Waals surface area (Å²) in [4.78, 5) is 4.73. The van der Waals surface area contributed by atoms with Gasteiger partial charge in [0.05, 0.1) is 11.0 Å². The highest BCUT2D eigenvalue weighted by atomic mass is 35.5. The molecular formula is C15H19ClN2. The number of nitrogens with zero attached hydrogens (tertiary/aromatic N) is 2. The highest BCUT2D eigenvalue weighted by Crippen LogP contribution is 2.40. The highest BCUT2D eigenvalue weighted by Gasteiger charge is 2.33. The Morgan fingerprint density at radius 3 is 2.89 bits per heavy atom. The molecule has 18 heavy (non-hydrogen) atoms. The summed E-state index contributed by atoms with van der Waals surface area (Å²) in [6.45, 7) is 5.57. The SMILES string of the molecule is Cc1ccc2nc(CCCl)n(CC3CC3C)c2c1. The average molecular weight is 263 g/mol. The molecule has 3 rings (SSSR count). The van der Waals surface area contributed by atoms with Gasteiger partial charge >= 0.3 is 0 Å². The molecule has 0 amide bonds. The Labute approximate surface area is 113 Å². The number of rotatable bonds is 4. The van der Waals surface area contributed by atoms with Crippen LogP contribution in [-0.2, 0) is 13.0 Å². The van der Waals surface area contributed by atoms with Crippen molar-refractivity contribution in [3.05, 3.63) is 29.6 Å². The Hall–Kier alpha value is -1.02. The van der Waals surface area contributed by atoms with Crippen molar-refractivity contribution in [1.82, 2.24) is 9.55 Å². The van der Waals surface area contributed by atoms with E-state index in [0.29, 0.717) is 5.88 Å². The number of aromatic nitrogens is 2. The second-order valence-corrected chi connectivity index (χ2v) is 5.92. The molecule has 0 bridgehead atoms. The van der Waals surface area contributed by atoms with Crippen LogP contribution >= 0.6 is 11.6 Å². The van der Waals surface area contributed by atoms with E-state index in [-0.39, 0.29) is 0 Å². The van der Waals surface area contributed by atoms with E-state index in [0.717, 1.165) is 36.1 Å². The molecule has 2 atom stereocenters. The topological polar surface area (TPSA) is 17.8 Å². The molecule has 0 spiro atoms. The zero-order valence-electron chi connectivity index (χ0n) is 11.0. The number of imidazole rings is 1. The van der Waals surface area contributed by atoms with Gasteiger partial charge in [-0.2, -0.15) is 0 Å². The molecule has 1 heterocycles. The maximum Gasteiger partial charge on any atom is 0.111 e. The molecule has 3 heteroatoms. The van der Waals surface area contributed by atoms with Crippen LogP contribution in [0.5, 0.6) is 0 Å². The van der Waals surface area contributed by atoms with Gasteiger partial charge in [0.25, 0.3) is 0 Å². The van der Waals surface area contributed by atoms with E-state index in [2.05, 4.69) is 36.6 Å². The van der Waals surface area contributed by atoms with Gasteiger partial charge in [-0.25, -0.2) is 4.98 Å². The predicted octanol–water partition coefficient (Wildman–Crippen LogP) is 3.78. The van der Waals surface area contributed by atoms with Gasteiger partial charge < -0.3 is 4.57 Å². The number of fused-ring (bicyclic) bond motifs is 1. The molecule has 2 aromatic rings. The van der Waals surface area contributed by atoms with Gasteiger partial charge in [0, 0.05) is 18.8 Å². The van der Waals surface area contributed by atoms with Gasteiger partial charge in [-0.05, 0) is 42.9 Å². The van der Waals surface area contributed by atoms with Gasteiger partial charge in [-0.3, -0.25) is 0 Å². The maximum atomic E-state index is 5.89. The first-order chi connectivity index (χ1) is 8.69. The molecule has 1 aliphatic rings. The van der Waals surface area contributed by atoms with Crippen molar-refractivity contribution >= 4 is 22.6 Å². The van der Waals surface area contributed by atoms with Crippen molar-refractivity contribution in [3.8, 4) is 0 Å². The highest BCUT2D eigenvalue weighted by molar-refractivity contribution is 6.17. The molecule has 0 aliphatic heterocycles. The fourth-order valence-electron chi connectivity index (χ4n) is 2.65. The Morgan fingerprint density at radius 1 is 1.44 bits per heavy atom. The van der Waals surface area contributed by atoms with Gasteiger partial charge in [0.15, 0.2) is 0 Å². The first-order valence-electron chi connectivity index (χ1n) is 6.70. The van der Waals surface area contributed by atoms with E-state index in [1.54, 1.807) is 0 Å². The van der Waals surface area contributed by atoms with Crippen LogP contribution in [0.3, 0.4) is 0 Å². The quantitative estimate of drug-likeness (QED) is 0.767. The maximum absolute atomic E-state index is 5.89. The third-order valence-corrected chi connectivity index (χ3v) is 4.18. The fraction of sp³-hybridized carbons (Fsp3) is 0.533. The molecular weight excluding hydrogens is 244 g/mol. The summed E-state index contributed by atoms with van der Waals surface area (Å²) in [7, 11) is 0. The van der Waals surface area contributed by atoms with E-state index in [4.69, 9.17) is 16.6 Å². The molecule has 0 N–H and O–H groups in total. The lowest BCUT2D eigenvalue weighted by Crippen LogP contribution is -2.06. The van der Waals surface area contributed by atoms with Gasteiger partial charge in [-0.15, -0.1) is 11.6 Å².